The normalized spacial score (nSPS) is 16.8. The minimum Gasteiger partial charge on any atom is -0.493 e. The molecule has 190 valence electrons. The molecular formula is C31H38N2O3. The molecule has 0 saturated heterocycles. The average molecular weight is 487 g/mol. The van der Waals surface area contributed by atoms with E-state index in [0.717, 1.165) is 37.1 Å². The Hall–Kier alpha value is -3.31. The Balaban J connectivity index is 1.71. The van der Waals surface area contributed by atoms with Crippen molar-refractivity contribution in [2.75, 3.05) is 20.8 Å². The molecule has 0 saturated carbocycles. The maximum absolute atomic E-state index is 12.8. The van der Waals surface area contributed by atoms with Crippen molar-refractivity contribution in [3.05, 3.63) is 94.5 Å². The van der Waals surface area contributed by atoms with Crippen molar-refractivity contribution in [3.8, 4) is 11.5 Å². The number of methoxy groups -OCH3 is 2. The van der Waals surface area contributed by atoms with Crippen LogP contribution in [-0.4, -0.2) is 31.6 Å². The monoisotopic (exact) mass is 486 g/mol. The molecule has 3 aromatic carbocycles. The van der Waals surface area contributed by atoms with Crippen molar-refractivity contribution in [1.29, 1.82) is 0 Å². The predicted octanol–water partition coefficient (Wildman–Crippen LogP) is 5.76. The van der Waals surface area contributed by atoms with Crippen molar-refractivity contribution in [1.82, 2.24) is 4.90 Å². The number of rotatable bonds is 8. The van der Waals surface area contributed by atoms with E-state index in [9.17, 15) is 4.79 Å². The number of nitrogens with two attached hydrogens (primary N) is 1. The van der Waals surface area contributed by atoms with Gasteiger partial charge in [0.25, 0.3) is 0 Å². The third kappa shape index (κ3) is 5.41. The highest BCUT2D eigenvalue weighted by Gasteiger charge is 2.36. The summed E-state index contributed by atoms with van der Waals surface area (Å²) in [5.41, 5.74) is 12.1. The molecule has 2 unspecified atom stereocenters. The van der Waals surface area contributed by atoms with Gasteiger partial charge in [-0.1, -0.05) is 75.4 Å². The number of hydrogen-bond donors (Lipinski definition) is 1. The van der Waals surface area contributed by atoms with Crippen LogP contribution in [0, 0.1) is 0 Å². The molecule has 1 aliphatic heterocycles. The minimum absolute atomic E-state index is 0.00792. The van der Waals surface area contributed by atoms with Crippen LogP contribution in [0.5, 0.6) is 11.5 Å². The molecule has 1 amide bonds. The second-order valence-electron chi connectivity index (χ2n) is 10.6. The lowest BCUT2D eigenvalue weighted by molar-refractivity contribution is -0.124. The summed E-state index contributed by atoms with van der Waals surface area (Å²) in [4.78, 5) is 15.1. The number of carbonyl (C=O) groups is 1. The van der Waals surface area contributed by atoms with Gasteiger partial charge in [-0.05, 0) is 64.6 Å². The number of aryl methyl sites for hydroxylation is 1. The van der Waals surface area contributed by atoms with E-state index >= 15 is 0 Å². The molecule has 2 N–H and O–H groups in total. The van der Waals surface area contributed by atoms with Crippen LogP contribution in [0.2, 0.25) is 0 Å². The third-order valence-electron chi connectivity index (χ3n) is 7.29. The highest BCUT2D eigenvalue weighted by molar-refractivity contribution is 5.81. The molecule has 1 heterocycles. The highest BCUT2D eigenvalue weighted by atomic mass is 16.5. The summed E-state index contributed by atoms with van der Waals surface area (Å²) >= 11 is 0. The summed E-state index contributed by atoms with van der Waals surface area (Å²) in [6, 6.07) is 22.4. The van der Waals surface area contributed by atoms with E-state index in [1.165, 1.54) is 22.3 Å². The van der Waals surface area contributed by atoms with Crippen LogP contribution in [0.3, 0.4) is 0 Å². The first-order chi connectivity index (χ1) is 17.2. The zero-order valence-corrected chi connectivity index (χ0v) is 22.1. The fourth-order valence-corrected chi connectivity index (χ4v) is 5.31. The predicted molar refractivity (Wildman–Crippen MR) is 145 cm³/mol. The van der Waals surface area contributed by atoms with Crippen molar-refractivity contribution >= 4 is 5.91 Å². The molecule has 1 aliphatic rings. The number of hydrogen-bond acceptors (Lipinski definition) is 4. The molecule has 4 rings (SSSR count). The molecule has 3 aromatic rings. The van der Waals surface area contributed by atoms with Crippen LogP contribution in [0.15, 0.2) is 66.7 Å². The van der Waals surface area contributed by atoms with Gasteiger partial charge in [-0.2, -0.15) is 0 Å². The maximum Gasteiger partial charge on any atom is 0.239 e. The van der Waals surface area contributed by atoms with Gasteiger partial charge < -0.3 is 15.2 Å². The molecular weight excluding hydrogens is 448 g/mol. The third-order valence-corrected chi connectivity index (χ3v) is 7.29. The molecule has 0 aliphatic carbocycles. The quantitative estimate of drug-likeness (QED) is 0.440. The van der Waals surface area contributed by atoms with E-state index in [0.29, 0.717) is 5.75 Å². The van der Waals surface area contributed by atoms with Gasteiger partial charge in [0.2, 0.25) is 5.91 Å². The molecule has 0 spiro atoms. The van der Waals surface area contributed by atoms with Gasteiger partial charge in [0, 0.05) is 12.6 Å². The van der Waals surface area contributed by atoms with E-state index in [1.54, 1.807) is 14.2 Å². The average Bonchev–Trinajstić information content (AvgIpc) is 2.87. The summed E-state index contributed by atoms with van der Waals surface area (Å²) < 4.78 is 11.2. The zero-order chi connectivity index (χ0) is 25.9. The first-order valence-electron chi connectivity index (χ1n) is 12.7. The zero-order valence-electron chi connectivity index (χ0n) is 22.1. The summed E-state index contributed by atoms with van der Waals surface area (Å²) in [7, 11) is 3.32. The number of primary amides is 1. The van der Waals surface area contributed by atoms with E-state index in [4.69, 9.17) is 15.2 Å². The first kappa shape index (κ1) is 25.8. The minimum atomic E-state index is -0.499. The summed E-state index contributed by atoms with van der Waals surface area (Å²) in [5, 5.41) is 0. The Bertz CT molecular complexity index is 1180. The maximum atomic E-state index is 12.8. The molecule has 5 nitrogen and oxygen atoms in total. The standard InChI is InChI=1S/C31H38N2O3/c1-31(2,3)24-14-11-21(12-15-24)13-16-26-25-20-28(36-5)27(35-4)19-23(25)17-18-33(26)29(30(32)34)22-9-7-6-8-10-22/h6-12,14-15,19-20,26,29H,13,16-18H2,1-5H3,(H2,32,34). The highest BCUT2D eigenvalue weighted by Crippen LogP contribution is 2.43. The van der Waals surface area contributed by atoms with Gasteiger partial charge in [0.15, 0.2) is 11.5 Å². The Morgan fingerprint density at radius 3 is 2.22 bits per heavy atom. The summed E-state index contributed by atoms with van der Waals surface area (Å²) in [6.45, 7) is 7.43. The number of amides is 1. The Morgan fingerprint density at radius 1 is 1.00 bits per heavy atom. The SMILES string of the molecule is COc1cc2c(cc1OC)C(CCc1ccc(C(C)(C)C)cc1)N(C(C(N)=O)c1ccccc1)CC2. The largest absolute Gasteiger partial charge is 0.493 e. The van der Waals surface area contributed by atoms with E-state index < -0.39 is 6.04 Å². The first-order valence-corrected chi connectivity index (χ1v) is 12.7. The Morgan fingerprint density at radius 2 is 1.64 bits per heavy atom. The fraction of sp³-hybridized carbons (Fsp3) is 0.387. The van der Waals surface area contributed by atoms with Crippen LogP contribution >= 0.6 is 0 Å². The van der Waals surface area contributed by atoms with Crippen molar-refractivity contribution in [3.63, 3.8) is 0 Å². The number of benzene rings is 3. The molecule has 0 aromatic heterocycles. The van der Waals surface area contributed by atoms with Gasteiger partial charge in [-0.25, -0.2) is 0 Å². The summed E-state index contributed by atoms with van der Waals surface area (Å²) in [6.07, 6.45) is 2.55. The van der Waals surface area contributed by atoms with Crippen molar-refractivity contribution in [2.45, 2.75) is 57.5 Å². The Labute approximate surface area is 215 Å². The van der Waals surface area contributed by atoms with E-state index in [-0.39, 0.29) is 17.4 Å². The fourth-order valence-electron chi connectivity index (χ4n) is 5.31. The van der Waals surface area contributed by atoms with Crippen LogP contribution in [0.25, 0.3) is 0 Å². The van der Waals surface area contributed by atoms with Gasteiger partial charge >= 0.3 is 0 Å². The van der Waals surface area contributed by atoms with Gasteiger partial charge in [0.05, 0.1) is 14.2 Å². The van der Waals surface area contributed by atoms with Crippen LogP contribution in [0.4, 0.5) is 0 Å². The second kappa shape index (κ2) is 10.8. The Kier molecular flexibility index (Phi) is 7.70. The topological polar surface area (TPSA) is 64.8 Å². The molecule has 5 heteroatoms. The second-order valence-corrected chi connectivity index (χ2v) is 10.6. The van der Waals surface area contributed by atoms with Crippen LogP contribution in [-0.2, 0) is 23.1 Å². The smallest absolute Gasteiger partial charge is 0.239 e. The lowest BCUT2D eigenvalue weighted by Crippen LogP contribution is -2.44. The summed E-state index contributed by atoms with van der Waals surface area (Å²) in [5.74, 6) is 1.10. The number of fused-ring (bicyclic) bond motifs is 1. The van der Waals surface area contributed by atoms with Crippen molar-refractivity contribution in [2.24, 2.45) is 5.73 Å². The van der Waals surface area contributed by atoms with Gasteiger partial charge in [-0.15, -0.1) is 0 Å². The lowest BCUT2D eigenvalue weighted by Gasteiger charge is -2.41. The number of ether oxygens (including phenoxy) is 2. The lowest BCUT2D eigenvalue weighted by atomic mass is 9.85. The molecule has 36 heavy (non-hydrogen) atoms. The number of carbonyl (C=O) groups excluding carboxylic acids is 1. The molecule has 0 fully saturated rings. The molecule has 2 atom stereocenters. The van der Waals surface area contributed by atoms with Gasteiger partial charge in [-0.3, -0.25) is 9.69 Å². The van der Waals surface area contributed by atoms with E-state index in [2.05, 4.69) is 62.1 Å². The number of nitrogens with zero attached hydrogens (tertiary/aromatic N) is 1. The van der Waals surface area contributed by atoms with Crippen molar-refractivity contribution < 1.29 is 14.3 Å². The van der Waals surface area contributed by atoms with Crippen LogP contribution < -0.4 is 15.2 Å². The van der Waals surface area contributed by atoms with Crippen LogP contribution in [0.1, 0.15) is 67.1 Å². The molecule has 0 bridgehead atoms. The molecule has 0 radical (unpaired) electrons. The van der Waals surface area contributed by atoms with E-state index in [1.807, 2.05) is 30.3 Å². The van der Waals surface area contributed by atoms with Gasteiger partial charge in [0.1, 0.15) is 6.04 Å².